The van der Waals surface area contributed by atoms with Crippen LogP contribution in [0.4, 0.5) is 10.2 Å². The SMILES string of the molecule is CCNc1nc(CSC2CCCC2)nc(C)c1F. The Morgan fingerprint density at radius 1 is 1.33 bits per heavy atom. The van der Waals surface area contributed by atoms with Crippen LogP contribution in [0.1, 0.15) is 44.1 Å². The van der Waals surface area contributed by atoms with E-state index in [1.165, 1.54) is 25.7 Å². The van der Waals surface area contributed by atoms with E-state index in [0.29, 0.717) is 18.1 Å². The van der Waals surface area contributed by atoms with Crippen LogP contribution in [0.3, 0.4) is 0 Å². The number of nitrogens with one attached hydrogen (secondary N) is 1. The number of hydrogen-bond acceptors (Lipinski definition) is 4. The molecule has 1 aromatic heterocycles. The summed E-state index contributed by atoms with van der Waals surface area (Å²) in [5, 5.41) is 3.69. The lowest BCUT2D eigenvalue weighted by atomic mass is 10.4. The molecule has 1 fully saturated rings. The molecule has 18 heavy (non-hydrogen) atoms. The van der Waals surface area contributed by atoms with Crippen molar-refractivity contribution in [2.75, 3.05) is 11.9 Å². The summed E-state index contributed by atoms with van der Waals surface area (Å²) in [6.07, 6.45) is 5.27. The second-order valence-electron chi connectivity index (χ2n) is 4.64. The van der Waals surface area contributed by atoms with Gasteiger partial charge in [0.25, 0.3) is 0 Å². The van der Waals surface area contributed by atoms with E-state index in [0.717, 1.165) is 16.8 Å². The maximum atomic E-state index is 13.7. The van der Waals surface area contributed by atoms with Crippen LogP contribution < -0.4 is 5.32 Å². The molecule has 100 valence electrons. The highest BCUT2D eigenvalue weighted by Gasteiger charge is 2.17. The van der Waals surface area contributed by atoms with Gasteiger partial charge in [0, 0.05) is 11.8 Å². The van der Waals surface area contributed by atoms with Crippen molar-refractivity contribution in [2.45, 2.75) is 50.5 Å². The highest BCUT2D eigenvalue weighted by molar-refractivity contribution is 7.99. The normalized spacial score (nSPS) is 16.2. The van der Waals surface area contributed by atoms with Crippen LogP contribution in [0.15, 0.2) is 0 Å². The molecule has 0 spiro atoms. The third kappa shape index (κ3) is 3.34. The number of hydrogen-bond donors (Lipinski definition) is 1. The molecule has 0 saturated heterocycles. The summed E-state index contributed by atoms with van der Waals surface area (Å²) in [7, 11) is 0. The Bertz CT molecular complexity index is 405. The van der Waals surface area contributed by atoms with E-state index in [1.54, 1.807) is 6.92 Å². The molecule has 0 bridgehead atoms. The largest absolute Gasteiger partial charge is 0.368 e. The highest BCUT2D eigenvalue weighted by atomic mass is 32.2. The number of thioether (sulfide) groups is 1. The Kier molecular flexibility index (Phi) is 4.80. The first-order valence-corrected chi connectivity index (χ1v) is 7.64. The third-order valence-corrected chi connectivity index (χ3v) is 4.53. The van der Waals surface area contributed by atoms with E-state index >= 15 is 0 Å². The molecule has 0 aromatic carbocycles. The van der Waals surface area contributed by atoms with Gasteiger partial charge in [0.1, 0.15) is 5.82 Å². The second-order valence-corrected chi connectivity index (χ2v) is 5.92. The molecular weight excluding hydrogens is 249 g/mol. The number of anilines is 1. The van der Waals surface area contributed by atoms with Crippen molar-refractivity contribution in [2.24, 2.45) is 0 Å². The van der Waals surface area contributed by atoms with E-state index < -0.39 is 0 Å². The van der Waals surface area contributed by atoms with Crippen LogP contribution in [0.2, 0.25) is 0 Å². The summed E-state index contributed by atoms with van der Waals surface area (Å²) in [6, 6.07) is 0. The average Bonchev–Trinajstić information content (AvgIpc) is 2.86. The first kappa shape index (κ1) is 13.6. The van der Waals surface area contributed by atoms with E-state index in [1.807, 2.05) is 18.7 Å². The van der Waals surface area contributed by atoms with Gasteiger partial charge in [-0.3, -0.25) is 0 Å². The van der Waals surface area contributed by atoms with Crippen LogP contribution in [0, 0.1) is 12.7 Å². The molecule has 3 nitrogen and oxygen atoms in total. The Labute approximate surface area is 112 Å². The fourth-order valence-corrected chi connectivity index (χ4v) is 3.39. The zero-order valence-electron chi connectivity index (χ0n) is 11.0. The summed E-state index contributed by atoms with van der Waals surface area (Å²) in [5.41, 5.74) is 0.433. The van der Waals surface area contributed by atoms with Crippen LogP contribution in [-0.2, 0) is 5.75 Å². The minimum Gasteiger partial charge on any atom is -0.368 e. The molecule has 1 saturated carbocycles. The summed E-state index contributed by atoms with van der Waals surface area (Å²) >= 11 is 1.90. The molecule has 0 unspecified atom stereocenters. The predicted octanol–water partition coefficient (Wildman–Crippen LogP) is 3.53. The summed E-state index contributed by atoms with van der Waals surface area (Å²) in [5.74, 6) is 1.53. The number of nitrogens with zero attached hydrogens (tertiary/aromatic N) is 2. The van der Waals surface area contributed by atoms with Gasteiger partial charge in [-0.25, -0.2) is 14.4 Å². The first-order valence-electron chi connectivity index (χ1n) is 6.59. The van der Waals surface area contributed by atoms with E-state index in [4.69, 9.17) is 0 Å². The average molecular weight is 269 g/mol. The highest BCUT2D eigenvalue weighted by Crippen LogP contribution is 2.31. The van der Waals surface area contributed by atoms with Crippen molar-refractivity contribution in [1.82, 2.24) is 9.97 Å². The molecule has 1 aromatic rings. The van der Waals surface area contributed by atoms with Crippen molar-refractivity contribution in [3.63, 3.8) is 0 Å². The lowest BCUT2D eigenvalue weighted by molar-refractivity contribution is 0.602. The van der Waals surface area contributed by atoms with Gasteiger partial charge in [-0.15, -0.1) is 0 Å². The topological polar surface area (TPSA) is 37.8 Å². The maximum absolute atomic E-state index is 13.7. The van der Waals surface area contributed by atoms with E-state index in [9.17, 15) is 4.39 Å². The zero-order valence-corrected chi connectivity index (χ0v) is 11.8. The number of aryl methyl sites for hydroxylation is 1. The molecule has 0 radical (unpaired) electrons. The third-order valence-electron chi connectivity index (χ3n) is 3.16. The standard InChI is InChI=1S/C13H20FN3S/c1-3-15-13-12(14)9(2)16-11(17-13)8-18-10-6-4-5-7-10/h10H,3-8H2,1-2H3,(H,15,16,17). The van der Waals surface area contributed by atoms with Gasteiger partial charge < -0.3 is 5.32 Å². The summed E-state index contributed by atoms with van der Waals surface area (Å²) < 4.78 is 13.7. The van der Waals surface area contributed by atoms with Gasteiger partial charge in [-0.05, 0) is 26.7 Å². The molecule has 1 heterocycles. The molecule has 5 heteroatoms. The van der Waals surface area contributed by atoms with E-state index in [2.05, 4.69) is 15.3 Å². The zero-order chi connectivity index (χ0) is 13.0. The van der Waals surface area contributed by atoms with Crippen molar-refractivity contribution in [3.8, 4) is 0 Å². The van der Waals surface area contributed by atoms with Gasteiger partial charge in [-0.2, -0.15) is 11.8 Å². The van der Waals surface area contributed by atoms with Crippen LogP contribution in [-0.4, -0.2) is 21.8 Å². The van der Waals surface area contributed by atoms with Gasteiger partial charge in [-0.1, -0.05) is 12.8 Å². The van der Waals surface area contributed by atoms with Gasteiger partial charge in [0.2, 0.25) is 0 Å². The predicted molar refractivity (Wildman–Crippen MR) is 74.4 cm³/mol. The first-order chi connectivity index (χ1) is 8.70. The molecule has 0 aliphatic heterocycles. The van der Waals surface area contributed by atoms with Gasteiger partial charge >= 0.3 is 0 Å². The van der Waals surface area contributed by atoms with Crippen LogP contribution >= 0.6 is 11.8 Å². The Balaban J connectivity index is 2.02. The Morgan fingerprint density at radius 2 is 2.06 bits per heavy atom. The smallest absolute Gasteiger partial charge is 0.186 e. The van der Waals surface area contributed by atoms with Gasteiger partial charge in [0.15, 0.2) is 11.6 Å². The molecule has 1 aliphatic rings. The number of aromatic nitrogens is 2. The molecule has 2 rings (SSSR count). The van der Waals surface area contributed by atoms with Crippen molar-refractivity contribution in [1.29, 1.82) is 0 Å². The quantitative estimate of drug-likeness (QED) is 0.887. The monoisotopic (exact) mass is 269 g/mol. The van der Waals surface area contributed by atoms with E-state index in [-0.39, 0.29) is 5.82 Å². The lowest BCUT2D eigenvalue weighted by Gasteiger charge is -2.11. The lowest BCUT2D eigenvalue weighted by Crippen LogP contribution is -2.08. The van der Waals surface area contributed by atoms with Crippen molar-refractivity contribution >= 4 is 17.6 Å². The summed E-state index contributed by atoms with van der Waals surface area (Å²) in [4.78, 5) is 8.50. The fraction of sp³-hybridized carbons (Fsp3) is 0.692. The van der Waals surface area contributed by atoms with Crippen molar-refractivity contribution < 1.29 is 4.39 Å². The molecule has 1 N–H and O–H groups in total. The molecular formula is C13H20FN3S. The molecule has 0 amide bonds. The molecule has 1 aliphatic carbocycles. The number of halogens is 1. The van der Waals surface area contributed by atoms with Gasteiger partial charge in [0.05, 0.1) is 11.4 Å². The molecule has 0 atom stereocenters. The maximum Gasteiger partial charge on any atom is 0.186 e. The fourth-order valence-electron chi connectivity index (χ4n) is 2.21. The van der Waals surface area contributed by atoms with Crippen molar-refractivity contribution in [3.05, 3.63) is 17.3 Å². The minimum absolute atomic E-state index is 0.327. The number of rotatable bonds is 5. The Hall–Kier alpha value is -0.840. The Morgan fingerprint density at radius 3 is 2.72 bits per heavy atom. The van der Waals surface area contributed by atoms with Crippen LogP contribution in [0.25, 0.3) is 0 Å². The van der Waals surface area contributed by atoms with Crippen LogP contribution in [0.5, 0.6) is 0 Å². The second kappa shape index (κ2) is 6.36. The minimum atomic E-state index is -0.327. The summed E-state index contributed by atoms with van der Waals surface area (Å²) in [6.45, 7) is 4.30.